The highest BCUT2D eigenvalue weighted by Gasteiger charge is 2.12. The van der Waals surface area contributed by atoms with Gasteiger partial charge in [0.2, 0.25) is 0 Å². The van der Waals surface area contributed by atoms with Gasteiger partial charge >= 0.3 is 5.69 Å². The number of aliphatic hydroxyl groups is 1. The van der Waals surface area contributed by atoms with Crippen LogP contribution in [0.15, 0.2) is 58.1 Å². The van der Waals surface area contributed by atoms with Crippen LogP contribution in [0.3, 0.4) is 0 Å². The zero-order chi connectivity index (χ0) is 23.3. The summed E-state index contributed by atoms with van der Waals surface area (Å²) in [6, 6.07) is 14.4. The molecular weight excluding hydrogens is 380 g/mol. The van der Waals surface area contributed by atoms with Crippen LogP contribution in [0.1, 0.15) is 44.5 Å². The van der Waals surface area contributed by atoms with Crippen molar-refractivity contribution in [2.24, 2.45) is 0 Å². The minimum atomic E-state index is -0.461. The van der Waals surface area contributed by atoms with Crippen LogP contribution in [0.4, 0.5) is 0 Å². The standard InChI is InChI=1S/C19H18N2O3.2C2H6.CH4O/c1-12-9-13(2)17(24-15-7-5-4-6-8-15)11-16(12)21-18(22)10-14(3)20-19(21)23;3*1-2/h4-11H,1-3H3,(H,20,23);2*1-2H3;2H,1H3. The summed E-state index contributed by atoms with van der Waals surface area (Å²) in [6.07, 6.45) is 0. The third-order valence-corrected chi connectivity index (χ3v) is 3.77. The number of hydrogen-bond acceptors (Lipinski definition) is 4. The topological polar surface area (TPSA) is 84.3 Å². The first kappa shape index (κ1) is 26.9. The molecule has 0 saturated carbocycles. The number of benzene rings is 2. The quantitative estimate of drug-likeness (QED) is 0.638. The SMILES string of the molecule is CC.CC.CO.Cc1cc(=O)n(-c2cc(Oc3ccccc3)c(C)cc2C)c(=O)[nH]1. The van der Waals surface area contributed by atoms with Gasteiger partial charge < -0.3 is 14.8 Å². The minimum absolute atomic E-state index is 0.367. The Morgan fingerprint density at radius 3 is 1.93 bits per heavy atom. The Balaban J connectivity index is 0.00000129. The van der Waals surface area contributed by atoms with Gasteiger partial charge in [-0.2, -0.15) is 0 Å². The zero-order valence-electron chi connectivity index (χ0n) is 19.2. The highest BCUT2D eigenvalue weighted by molar-refractivity contribution is 5.51. The van der Waals surface area contributed by atoms with E-state index in [-0.39, 0.29) is 5.56 Å². The van der Waals surface area contributed by atoms with E-state index in [2.05, 4.69) is 4.98 Å². The van der Waals surface area contributed by atoms with Gasteiger partial charge in [-0.25, -0.2) is 9.36 Å². The number of nitrogens with zero attached hydrogens (tertiary/aromatic N) is 1. The number of hydrogen-bond donors (Lipinski definition) is 2. The Morgan fingerprint density at radius 2 is 1.40 bits per heavy atom. The predicted molar refractivity (Wildman–Crippen MR) is 124 cm³/mol. The maximum Gasteiger partial charge on any atom is 0.333 e. The molecule has 0 radical (unpaired) electrons. The Hall–Kier alpha value is -3.12. The number of H-pyrrole nitrogens is 1. The summed E-state index contributed by atoms with van der Waals surface area (Å²) in [5.74, 6) is 1.30. The molecule has 2 aromatic carbocycles. The molecule has 0 unspecified atom stereocenters. The minimum Gasteiger partial charge on any atom is -0.457 e. The Morgan fingerprint density at radius 1 is 0.833 bits per heavy atom. The molecular formula is C24H34N2O4. The van der Waals surface area contributed by atoms with E-state index in [0.717, 1.165) is 22.8 Å². The lowest BCUT2D eigenvalue weighted by Gasteiger charge is -2.14. The number of ether oxygens (including phenoxy) is 1. The molecule has 0 aliphatic heterocycles. The second kappa shape index (κ2) is 14.0. The van der Waals surface area contributed by atoms with Crippen molar-refractivity contribution in [3.8, 4) is 17.2 Å². The van der Waals surface area contributed by atoms with Gasteiger partial charge in [-0.1, -0.05) is 52.0 Å². The molecule has 0 atom stereocenters. The molecule has 0 saturated heterocycles. The van der Waals surface area contributed by atoms with E-state index >= 15 is 0 Å². The van der Waals surface area contributed by atoms with Crippen LogP contribution in [-0.2, 0) is 0 Å². The fourth-order valence-corrected chi connectivity index (χ4v) is 2.63. The predicted octanol–water partition coefficient (Wildman–Crippen LogP) is 4.90. The molecule has 30 heavy (non-hydrogen) atoms. The van der Waals surface area contributed by atoms with E-state index in [9.17, 15) is 9.59 Å². The van der Waals surface area contributed by atoms with E-state index in [1.165, 1.54) is 6.07 Å². The maximum atomic E-state index is 12.3. The molecule has 1 aromatic heterocycles. The number of nitrogens with one attached hydrogen (secondary N) is 1. The van der Waals surface area contributed by atoms with Crippen LogP contribution in [0.5, 0.6) is 11.5 Å². The first-order valence-corrected chi connectivity index (χ1v) is 10.1. The highest BCUT2D eigenvalue weighted by Crippen LogP contribution is 2.28. The van der Waals surface area contributed by atoms with E-state index < -0.39 is 5.69 Å². The Kier molecular flexibility index (Phi) is 12.5. The molecule has 6 nitrogen and oxygen atoms in total. The van der Waals surface area contributed by atoms with Crippen LogP contribution < -0.4 is 16.0 Å². The average molecular weight is 415 g/mol. The monoisotopic (exact) mass is 414 g/mol. The summed E-state index contributed by atoms with van der Waals surface area (Å²) in [4.78, 5) is 27.2. The number of aromatic nitrogens is 2. The molecule has 0 aliphatic carbocycles. The van der Waals surface area contributed by atoms with Crippen molar-refractivity contribution in [2.75, 3.05) is 7.11 Å². The summed E-state index contributed by atoms with van der Waals surface area (Å²) in [6.45, 7) is 13.5. The fraction of sp³-hybridized carbons (Fsp3) is 0.333. The van der Waals surface area contributed by atoms with E-state index in [0.29, 0.717) is 22.9 Å². The lowest BCUT2D eigenvalue weighted by molar-refractivity contribution is 0.399. The van der Waals surface area contributed by atoms with Crippen LogP contribution in [0.25, 0.3) is 5.69 Å². The lowest BCUT2D eigenvalue weighted by Crippen LogP contribution is -2.34. The Labute approximate surface area is 178 Å². The smallest absolute Gasteiger partial charge is 0.333 e. The van der Waals surface area contributed by atoms with E-state index in [4.69, 9.17) is 9.84 Å². The summed E-state index contributed by atoms with van der Waals surface area (Å²) < 4.78 is 7.03. The highest BCUT2D eigenvalue weighted by atomic mass is 16.5. The molecule has 3 rings (SSSR count). The van der Waals surface area contributed by atoms with Crippen LogP contribution >= 0.6 is 0 Å². The van der Waals surface area contributed by atoms with Gasteiger partial charge in [-0.3, -0.25) is 4.79 Å². The molecule has 164 valence electrons. The van der Waals surface area contributed by atoms with Gasteiger partial charge in [-0.15, -0.1) is 0 Å². The number of aliphatic hydroxyl groups excluding tert-OH is 1. The summed E-state index contributed by atoms with van der Waals surface area (Å²) in [5.41, 5.74) is 1.97. The summed E-state index contributed by atoms with van der Waals surface area (Å²) in [5, 5.41) is 7.00. The van der Waals surface area contributed by atoms with Crippen LogP contribution in [0.2, 0.25) is 0 Å². The number of rotatable bonds is 3. The third-order valence-electron chi connectivity index (χ3n) is 3.77. The van der Waals surface area contributed by atoms with Crippen molar-refractivity contribution in [1.82, 2.24) is 9.55 Å². The maximum absolute atomic E-state index is 12.3. The summed E-state index contributed by atoms with van der Waals surface area (Å²) in [7, 11) is 1.00. The number of aromatic amines is 1. The Bertz CT molecular complexity index is 975. The van der Waals surface area contributed by atoms with Crippen molar-refractivity contribution in [2.45, 2.75) is 48.5 Å². The average Bonchev–Trinajstić information content (AvgIpc) is 2.75. The molecule has 0 bridgehead atoms. The fourth-order valence-electron chi connectivity index (χ4n) is 2.63. The van der Waals surface area contributed by atoms with Crippen molar-refractivity contribution >= 4 is 0 Å². The van der Waals surface area contributed by atoms with Gasteiger partial charge in [0.1, 0.15) is 11.5 Å². The zero-order valence-corrected chi connectivity index (χ0v) is 19.2. The van der Waals surface area contributed by atoms with Gasteiger partial charge in [0.25, 0.3) is 5.56 Å². The molecule has 0 aliphatic rings. The van der Waals surface area contributed by atoms with Gasteiger partial charge in [0.15, 0.2) is 0 Å². The van der Waals surface area contributed by atoms with E-state index in [1.807, 2.05) is 77.9 Å². The second-order valence-electron chi connectivity index (χ2n) is 5.75. The van der Waals surface area contributed by atoms with Crippen molar-refractivity contribution in [3.63, 3.8) is 0 Å². The third kappa shape index (κ3) is 7.04. The van der Waals surface area contributed by atoms with Gasteiger partial charge in [0.05, 0.1) is 5.69 Å². The van der Waals surface area contributed by atoms with E-state index in [1.54, 1.807) is 13.0 Å². The number of para-hydroxylation sites is 1. The molecule has 6 heteroatoms. The summed E-state index contributed by atoms with van der Waals surface area (Å²) >= 11 is 0. The molecule has 0 spiro atoms. The largest absolute Gasteiger partial charge is 0.457 e. The van der Waals surface area contributed by atoms with Gasteiger partial charge in [0, 0.05) is 24.9 Å². The molecule has 2 N–H and O–H groups in total. The lowest BCUT2D eigenvalue weighted by atomic mass is 10.1. The van der Waals surface area contributed by atoms with Gasteiger partial charge in [-0.05, 0) is 44.0 Å². The van der Waals surface area contributed by atoms with Crippen LogP contribution in [-0.4, -0.2) is 21.8 Å². The van der Waals surface area contributed by atoms with Crippen molar-refractivity contribution in [3.05, 3.63) is 86.2 Å². The van der Waals surface area contributed by atoms with Crippen molar-refractivity contribution < 1.29 is 9.84 Å². The number of aryl methyl sites for hydroxylation is 3. The first-order chi connectivity index (χ1) is 14.5. The van der Waals surface area contributed by atoms with Crippen molar-refractivity contribution in [1.29, 1.82) is 0 Å². The molecule has 0 amide bonds. The first-order valence-electron chi connectivity index (χ1n) is 10.1. The molecule has 3 aromatic rings. The molecule has 0 fully saturated rings. The second-order valence-corrected chi connectivity index (χ2v) is 5.75. The molecule has 1 heterocycles. The normalized spacial score (nSPS) is 9.10. The van der Waals surface area contributed by atoms with Crippen LogP contribution in [0, 0.1) is 20.8 Å².